The number of benzene rings is 2. The quantitative estimate of drug-likeness (QED) is 0.867. The molecule has 0 saturated heterocycles. The minimum absolute atomic E-state index is 0.123. The zero-order valence-corrected chi connectivity index (χ0v) is 11.7. The van der Waals surface area contributed by atoms with Gasteiger partial charge in [-0.1, -0.05) is 18.2 Å². The van der Waals surface area contributed by atoms with Gasteiger partial charge < -0.3 is 15.2 Å². The lowest BCUT2D eigenvalue weighted by atomic mass is 10.0. The predicted octanol–water partition coefficient (Wildman–Crippen LogP) is 2.71. The summed E-state index contributed by atoms with van der Waals surface area (Å²) in [5, 5.41) is 14.9. The van der Waals surface area contributed by atoms with Crippen molar-refractivity contribution in [2.24, 2.45) is 0 Å². The average molecular weight is 259 g/mol. The van der Waals surface area contributed by atoms with Gasteiger partial charge in [0.2, 0.25) is 0 Å². The number of aliphatic hydroxyl groups is 1. The maximum absolute atomic E-state index is 9.23. The summed E-state index contributed by atoms with van der Waals surface area (Å²) in [5.41, 5.74) is 0.952. The molecule has 2 aromatic carbocycles. The molecule has 0 aliphatic carbocycles. The van der Waals surface area contributed by atoms with Crippen LogP contribution in [0.3, 0.4) is 0 Å². The first kappa shape index (κ1) is 13.8. The molecule has 0 unspecified atom stereocenters. The molecule has 0 radical (unpaired) electrons. The Labute approximate surface area is 114 Å². The van der Waals surface area contributed by atoms with Crippen LogP contribution in [0.2, 0.25) is 0 Å². The van der Waals surface area contributed by atoms with E-state index in [-0.39, 0.29) is 12.1 Å². The number of ether oxygens (including phenoxy) is 1. The van der Waals surface area contributed by atoms with E-state index in [0.717, 1.165) is 12.3 Å². The van der Waals surface area contributed by atoms with Gasteiger partial charge in [0.25, 0.3) is 0 Å². The number of rotatable bonds is 5. The van der Waals surface area contributed by atoms with Crippen LogP contribution in [0, 0.1) is 0 Å². The van der Waals surface area contributed by atoms with Crippen LogP contribution >= 0.6 is 0 Å². The zero-order chi connectivity index (χ0) is 13.9. The van der Waals surface area contributed by atoms with Gasteiger partial charge in [0.1, 0.15) is 5.75 Å². The molecule has 0 heterocycles. The Morgan fingerprint density at radius 1 is 1.11 bits per heavy atom. The van der Waals surface area contributed by atoms with Crippen molar-refractivity contribution >= 4 is 10.8 Å². The van der Waals surface area contributed by atoms with E-state index in [0.29, 0.717) is 0 Å². The van der Waals surface area contributed by atoms with Gasteiger partial charge in [0.15, 0.2) is 0 Å². The predicted molar refractivity (Wildman–Crippen MR) is 78.5 cm³/mol. The molecule has 2 N–H and O–H groups in total. The Bertz CT molecular complexity index is 564. The van der Waals surface area contributed by atoms with Crippen LogP contribution in [0.4, 0.5) is 0 Å². The molecule has 0 aromatic heterocycles. The van der Waals surface area contributed by atoms with E-state index in [2.05, 4.69) is 29.6 Å². The van der Waals surface area contributed by atoms with E-state index in [1.54, 1.807) is 7.11 Å². The van der Waals surface area contributed by atoms with E-state index in [1.165, 1.54) is 16.3 Å². The lowest BCUT2D eigenvalue weighted by molar-refractivity contribution is 0.187. The van der Waals surface area contributed by atoms with Crippen molar-refractivity contribution < 1.29 is 9.84 Å². The van der Waals surface area contributed by atoms with Crippen LogP contribution in [-0.4, -0.2) is 24.4 Å². The fourth-order valence-electron chi connectivity index (χ4n) is 1.91. The maximum Gasteiger partial charge on any atom is 0.119 e. The molecule has 0 bridgehead atoms. The Kier molecular flexibility index (Phi) is 4.08. The molecule has 0 saturated carbocycles. The van der Waals surface area contributed by atoms with Crippen molar-refractivity contribution in [3.8, 4) is 5.75 Å². The lowest BCUT2D eigenvalue weighted by Gasteiger charge is -2.23. The number of nitrogens with one attached hydrogen (secondary N) is 1. The molecule has 0 amide bonds. The second-order valence-corrected chi connectivity index (χ2v) is 5.44. The van der Waals surface area contributed by atoms with E-state index < -0.39 is 0 Å². The second kappa shape index (κ2) is 5.59. The highest BCUT2D eigenvalue weighted by molar-refractivity contribution is 5.84. The van der Waals surface area contributed by atoms with Crippen LogP contribution in [-0.2, 0) is 6.54 Å². The summed E-state index contributed by atoms with van der Waals surface area (Å²) >= 11 is 0. The van der Waals surface area contributed by atoms with Crippen LogP contribution in [0.1, 0.15) is 19.4 Å². The third kappa shape index (κ3) is 3.46. The van der Waals surface area contributed by atoms with Gasteiger partial charge in [0.05, 0.1) is 13.7 Å². The second-order valence-electron chi connectivity index (χ2n) is 5.44. The van der Waals surface area contributed by atoms with E-state index >= 15 is 0 Å². The van der Waals surface area contributed by atoms with Gasteiger partial charge in [-0.15, -0.1) is 0 Å². The van der Waals surface area contributed by atoms with Gasteiger partial charge in [-0.05, 0) is 48.4 Å². The molecular formula is C16H21NO2. The number of fused-ring (bicyclic) bond motifs is 1. The fourth-order valence-corrected chi connectivity index (χ4v) is 1.91. The van der Waals surface area contributed by atoms with Gasteiger partial charge in [-0.25, -0.2) is 0 Å². The Hall–Kier alpha value is -1.58. The molecular weight excluding hydrogens is 238 g/mol. The third-order valence-electron chi connectivity index (χ3n) is 3.28. The Balaban J connectivity index is 2.18. The van der Waals surface area contributed by atoms with E-state index in [1.807, 2.05) is 26.0 Å². The number of hydrogen-bond acceptors (Lipinski definition) is 3. The molecule has 2 aromatic rings. The highest BCUT2D eigenvalue weighted by Crippen LogP contribution is 2.22. The summed E-state index contributed by atoms with van der Waals surface area (Å²) in [6.45, 7) is 4.84. The smallest absolute Gasteiger partial charge is 0.119 e. The molecule has 3 heteroatoms. The van der Waals surface area contributed by atoms with Crippen molar-refractivity contribution in [1.82, 2.24) is 5.32 Å². The molecule has 3 nitrogen and oxygen atoms in total. The Morgan fingerprint density at radius 2 is 1.79 bits per heavy atom. The summed E-state index contributed by atoms with van der Waals surface area (Å²) in [4.78, 5) is 0. The first-order chi connectivity index (χ1) is 9.04. The van der Waals surface area contributed by atoms with Gasteiger partial charge in [-0.2, -0.15) is 0 Å². The Morgan fingerprint density at radius 3 is 2.47 bits per heavy atom. The van der Waals surface area contributed by atoms with Crippen molar-refractivity contribution in [3.63, 3.8) is 0 Å². The number of aliphatic hydroxyl groups excluding tert-OH is 1. The minimum Gasteiger partial charge on any atom is -0.497 e. The van der Waals surface area contributed by atoms with Crippen molar-refractivity contribution in [3.05, 3.63) is 42.0 Å². The molecule has 0 aliphatic heterocycles. The molecule has 0 fully saturated rings. The molecule has 0 atom stereocenters. The van der Waals surface area contributed by atoms with Crippen molar-refractivity contribution in [1.29, 1.82) is 0 Å². The van der Waals surface area contributed by atoms with Gasteiger partial charge in [0, 0.05) is 12.1 Å². The molecule has 2 rings (SSSR count). The lowest BCUT2D eigenvalue weighted by Crippen LogP contribution is -2.42. The summed E-state index contributed by atoms with van der Waals surface area (Å²) in [7, 11) is 1.68. The molecule has 0 spiro atoms. The highest BCUT2D eigenvalue weighted by Gasteiger charge is 2.14. The fraction of sp³-hybridized carbons (Fsp3) is 0.375. The van der Waals surface area contributed by atoms with Gasteiger partial charge >= 0.3 is 0 Å². The number of methoxy groups -OCH3 is 1. The van der Waals surface area contributed by atoms with E-state index in [9.17, 15) is 5.11 Å². The monoisotopic (exact) mass is 259 g/mol. The van der Waals surface area contributed by atoms with Crippen LogP contribution < -0.4 is 10.1 Å². The molecule has 102 valence electrons. The van der Waals surface area contributed by atoms with Gasteiger partial charge in [-0.3, -0.25) is 0 Å². The summed E-state index contributed by atoms with van der Waals surface area (Å²) in [6.07, 6.45) is 0. The van der Waals surface area contributed by atoms with Crippen molar-refractivity contribution in [2.45, 2.75) is 25.9 Å². The topological polar surface area (TPSA) is 41.5 Å². The molecule has 0 aliphatic rings. The van der Waals surface area contributed by atoms with E-state index in [4.69, 9.17) is 4.74 Å². The third-order valence-corrected chi connectivity index (χ3v) is 3.28. The molecule has 19 heavy (non-hydrogen) atoms. The van der Waals surface area contributed by atoms with Crippen LogP contribution in [0.25, 0.3) is 10.8 Å². The SMILES string of the molecule is COc1ccc2cc(CNC(C)(C)CO)ccc2c1. The first-order valence-corrected chi connectivity index (χ1v) is 6.47. The largest absolute Gasteiger partial charge is 0.497 e. The minimum atomic E-state index is -0.255. The highest BCUT2D eigenvalue weighted by atomic mass is 16.5. The zero-order valence-electron chi connectivity index (χ0n) is 11.7. The average Bonchev–Trinajstić information content (AvgIpc) is 2.44. The summed E-state index contributed by atoms with van der Waals surface area (Å²) in [5.74, 6) is 0.875. The first-order valence-electron chi connectivity index (χ1n) is 6.47. The summed E-state index contributed by atoms with van der Waals surface area (Å²) < 4.78 is 5.22. The standard InChI is InChI=1S/C16H21NO2/c1-16(2,11-18)17-10-12-4-5-14-9-15(19-3)7-6-13(14)8-12/h4-9,17-18H,10-11H2,1-3H3. The summed E-state index contributed by atoms with van der Waals surface area (Å²) in [6, 6.07) is 12.4. The van der Waals surface area contributed by atoms with Crippen LogP contribution in [0.15, 0.2) is 36.4 Å². The van der Waals surface area contributed by atoms with Crippen LogP contribution in [0.5, 0.6) is 5.75 Å². The number of hydrogen-bond donors (Lipinski definition) is 2. The van der Waals surface area contributed by atoms with Crippen molar-refractivity contribution in [2.75, 3.05) is 13.7 Å². The normalized spacial score (nSPS) is 11.8. The maximum atomic E-state index is 9.23.